The van der Waals surface area contributed by atoms with E-state index in [0.717, 1.165) is 23.7 Å². The van der Waals surface area contributed by atoms with Gasteiger partial charge in [0.15, 0.2) is 5.15 Å². The number of carbonyl (C=O) groups is 1. The molecule has 0 bridgehead atoms. The summed E-state index contributed by atoms with van der Waals surface area (Å²) in [6.45, 7) is 0.349. The van der Waals surface area contributed by atoms with E-state index in [1.54, 1.807) is 0 Å². The van der Waals surface area contributed by atoms with Crippen LogP contribution in [0.1, 0.15) is 15.9 Å². The number of anilines is 1. The molecule has 1 aromatic heterocycles. The van der Waals surface area contributed by atoms with Gasteiger partial charge in [0.2, 0.25) is 0 Å². The van der Waals surface area contributed by atoms with Crippen LogP contribution in [0, 0.1) is 23.0 Å². The second kappa shape index (κ2) is 7.15. The minimum Gasteiger partial charge on any atom is -0.373 e. The molecule has 5 nitrogen and oxygen atoms in total. The van der Waals surface area contributed by atoms with Crippen molar-refractivity contribution in [3.63, 3.8) is 0 Å². The van der Waals surface area contributed by atoms with Gasteiger partial charge in [0.05, 0.1) is 0 Å². The normalized spacial score (nSPS) is 10.1. The number of nitriles is 1. The lowest BCUT2D eigenvalue weighted by Gasteiger charge is -2.08. The van der Waals surface area contributed by atoms with Gasteiger partial charge in [-0.3, -0.25) is 4.79 Å². The minimum absolute atomic E-state index is 0.104. The molecule has 114 valence electrons. The van der Waals surface area contributed by atoms with Crippen molar-refractivity contribution in [1.29, 1.82) is 5.26 Å². The van der Waals surface area contributed by atoms with Crippen molar-refractivity contribution < 1.29 is 13.6 Å². The smallest absolute Gasteiger partial charge is 0.257 e. The molecule has 2 rings (SSSR count). The Balaban J connectivity index is 1.89. The summed E-state index contributed by atoms with van der Waals surface area (Å²) in [6, 6.07) is 5.10. The third-order valence-electron chi connectivity index (χ3n) is 2.65. The molecule has 1 amide bonds. The van der Waals surface area contributed by atoms with Gasteiger partial charge >= 0.3 is 0 Å². The first kappa shape index (κ1) is 16.1. The fourth-order valence-electron chi connectivity index (χ4n) is 1.64. The fraction of sp³-hybridized carbons (Fsp3) is 0.154. The van der Waals surface area contributed by atoms with E-state index in [9.17, 15) is 13.6 Å². The lowest BCUT2D eigenvalue weighted by molar-refractivity contribution is 0.0947. The fourth-order valence-corrected chi connectivity index (χ4v) is 2.60. The highest BCUT2D eigenvalue weighted by molar-refractivity contribution is 7.10. The summed E-state index contributed by atoms with van der Waals surface area (Å²) in [5, 5.41) is 14.7. The maximum absolute atomic E-state index is 13.4. The third kappa shape index (κ3) is 3.50. The zero-order chi connectivity index (χ0) is 16.1. The SMILES string of the molecule is N#Cc1c(Cl)nsc1NCCNC(=O)c1c(F)cccc1F. The number of carbonyl (C=O) groups excluding carboxylic acids is 1. The molecule has 0 radical (unpaired) electrons. The third-order valence-corrected chi connectivity index (χ3v) is 3.83. The predicted molar refractivity (Wildman–Crippen MR) is 79.0 cm³/mol. The molecular formula is C13H9ClF2N4OS. The summed E-state index contributed by atoms with van der Waals surface area (Å²) in [4.78, 5) is 11.7. The van der Waals surface area contributed by atoms with Gasteiger partial charge in [0, 0.05) is 13.1 Å². The average molecular weight is 343 g/mol. The van der Waals surface area contributed by atoms with Crippen LogP contribution in [0.5, 0.6) is 0 Å². The van der Waals surface area contributed by atoms with E-state index in [0.29, 0.717) is 5.00 Å². The first-order chi connectivity index (χ1) is 10.5. The Kier molecular flexibility index (Phi) is 5.25. The predicted octanol–water partition coefficient (Wildman–Crippen LogP) is 2.79. The van der Waals surface area contributed by atoms with Crippen molar-refractivity contribution in [1.82, 2.24) is 9.69 Å². The number of hydrogen-bond acceptors (Lipinski definition) is 5. The van der Waals surface area contributed by atoms with Gasteiger partial charge in [-0.05, 0) is 23.7 Å². The van der Waals surface area contributed by atoms with Gasteiger partial charge in [-0.1, -0.05) is 17.7 Å². The Labute approximate surface area is 133 Å². The van der Waals surface area contributed by atoms with Crippen molar-refractivity contribution in [2.24, 2.45) is 0 Å². The maximum atomic E-state index is 13.4. The van der Waals surface area contributed by atoms with E-state index < -0.39 is 23.1 Å². The highest BCUT2D eigenvalue weighted by Crippen LogP contribution is 2.26. The molecule has 0 aliphatic rings. The van der Waals surface area contributed by atoms with Crippen LogP contribution in [0.25, 0.3) is 0 Å². The molecule has 22 heavy (non-hydrogen) atoms. The number of amides is 1. The Hall–Kier alpha value is -2.24. The second-order valence-electron chi connectivity index (χ2n) is 4.07. The van der Waals surface area contributed by atoms with Crippen molar-refractivity contribution in [2.75, 3.05) is 18.4 Å². The summed E-state index contributed by atoms with van der Waals surface area (Å²) in [6.07, 6.45) is 0. The summed E-state index contributed by atoms with van der Waals surface area (Å²) in [5.41, 5.74) is -0.404. The van der Waals surface area contributed by atoms with E-state index in [2.05, 4.69) is 15.0 Å². The molecule has 1 aromatic carbocycles. The molecular weight excluding hydrogens is 334 g/mol. The van der Waals surface area contributed by atoms with E-state index in [1.165, 1.54) is 6.07 Å². The van der Waals surface area contributed by atoms with Gasteiger partial charge < -0.3 is 10.6 Å². The molecule has 0 unspecified atom stereocenters. The standard InChI is InChI=1S/C13H9ClF2N4OS/c14-11-7(6-17)13(22-20-11)19-5-4-18-12(21)10-8(15)2-1-3-9(10)16/h1-3,19H,4-5H2,(H,18,21). The summed E-state index contributed by atoms with van der Waals surface area (Å²) in [5.74, 6) is -2.70. The Morgan fingerprint density at radius 2 is 2.05 bits per heavy atom. The number of halogens is 3. The molecule has 0 atom stereocenters. The van der Waals surface area contributed by atoms with Gasteiger partial charge in [0.25, 0.3) is 5.91 Å². The van der Waals surface area contributed by atoms with Crippen molar-refractivity contribution in [2.45, 2.75) is 0 Å². The molecule has 0 aliphatic carbocycles. The molecule has 0 spiro atoms. The van der Waals surface area contributed by atoms with Crippen molar-refractivity contribution in [3.8, 4) is 6.07 Å². The molecule has 0 saturated carbocycles. The van der Waals surface area contributed by atoms with E-state index in [4.69, 9.17) is 16.9 Å². The number of nitrogens with one attached hydrogen (secondary N) is 2. The molecule has 2 N–H and O–H groups in total. The van der Waals surface area contributed by atoms with Gasteiger partial charge in [-0.25, -0.2) is 8.78 Å². The number of nitrogens with zero attached hydrogens (tertiary/aromatic N) is 2. The van der Waals surface area contributed by atoms with Crippen LogP contribution in [-0.4, -0.2) is 23.4 Å². The number of rotatable bonds is 5. The van der Waals surface area contributed by atoms with Gasteiger partial charge in [-0.15, -0.1) is 0 Å². The van der Waals surface area contributed by atoms with E-state index >= 15 is 0 Å². The number of aromatic nitrogens is 1. The highest BCUT2D eigenvalue weighted by Gasteiger charge is 2.16. The van der Waals surface area contributed by atoms with Crippen LogP contribution in [0.3, 0.4) is 0 Å². The molecule has 2 aromatic rings. The molecule has 1 heterocycles. The highest BCUT2D eigenvalue weighted by atomic mass is 35.5. The largest absolute Gasteiger partial charge is 0.373 e. The van der Waals surface area contributed by atoms with Crippen LogP contribution in [-0.2, 0) is 0 Å². The lowest BCUT2D eigenvalue weighted by atomic mass is 10.2. The molecule has 0 fully saturated rings. The second-order valence-corrected chi connectivity index (χ2v) is 5.20. The monoisotopic (exact) mass is 342 g/mol. The minimum atomic E-state index is -0.925. The Bertz CT molecular complexity index is 724. The van der Waals surface area contributed by atoms with Crippen LogP contribution < -0.4 is 10.6 Å². The Morgan fingerprint density at radius 3 is 2.68 bits per heavy atom. The van der Waals surface area contributed by atoms with Crippen LogP contribution in [0.2, 0.25) is 5.15 Å². The van der Waals surface area contributed by atoms with E-state index in [-0.39, 0.29) is 23.8 Å². The lowest BCUT2D eigenvalue weighted by Crippen LogP contribution is -2.30. The molecule has 0 aliphatic heterocycles. The van der Waals surface area contributed by atoms with Crippen LogP contribution >= 0.6 is 23.1 Å². The first-order valence-electron chi connectivity index (χ1n) is 6.06. The van der Waals surface area contributed by atoms with Crippen LogP contribution in [0.15, 0.2) is 18.2 Å². The Morgan fingerprint density at radius 1 is 1.36 bits per heavy atom. The van der Waals surface area contributed by atoms with Crippen molar-refractivity contribution in [3.05, 3.63) is 46.1 Å². The van der Waals surface area contributed by atoms with E-state index in [1.807, 2.05) is 6.07 Å². The van der Waals surface area contributed by atoms with Crippen LogP contribution in [0.4, 0.5) is 13.8 Å². The number of benzene rings is 1. The van der Waals surface area contributed by atoms with Gasteiger partial charge in [-0.2, -0.15) is 9.64 Å². The number of hydrogen-bond donors (Lipinski definition) is 2. The summed E-state index contributed by atoms with van der Waals surface area (Å²) >= 11 is 6.72. The topological polar surface area (TPSA) is 77.8 Å². The van der Waals surface area contributed by atoms with Gasteiger partial charge in [0.1, 0.15) is 33.8 Å². The summed E-state index contributed by atoms with van der Waals surface area (Å²) < 4.78 is 30.6. The average Bonchev–Trinajstić information content (AvgIpc) is 2.83. The quantitative estimate of drug-likeness (QED) is 0.819. The molecule has 9 heteroatoms. The van der Waals surface area contributed by atoms with Crippen molar-refractivity contribution >= 4 is 34.0 Å². The zero-order valence-electron chi connectivity index (χ0n) is 11.0. The first-order valence-corrected chi connectivity index (χ1v) is 7.21. The summed E-state index contributed by atoms with van der Waals surface area (Å²) in [7, 11) is 0. The zero-order valence-corrected chi connectivity index (χ0v) is 12.6. The maximum Gasteiger partial charge on any atom is 0.257 e. The molecule has 0 saturated heterocycles.